The van der Waals surface area contributed by atoms with Gasteiger partial charge in [0.25, 0.3) is 0 Å². The van der Waals surface area contributed by atoms with Crippen LogP contribution >= 0.6 is 11.6 Å². The van der Waals surface area contributed by atoms with Gasteiger partial charge >= 0.3 is 6.01 Å². The SMILES string of the molecule is COc1ncc(/C(Cl)=N/O)c(OC)n1. The van der Waals surface area contributed by atoms with Crippen molar-refractivity contribution in [3.8, 4) is 11.9 Å². The molecule has 0 atom stereocenters. The molecule has 76 valence electrons. The summed E-state index contributed by atoms with van der Waals surface area (Å²) in [4.78, 5) is 7.63. The van der Waals surface area contributed by atoms with E-state index in [9.17, 15) is 0 Å². The van der Waals surface area contributed by atoms with E-state index < -0.39 is 0 Å². The average Bonchev–Trinajstić information content (AvgIpc) is 2.27. The molecule has 0 spiro atoms. The molecule has 7 heteroatoms. The molecule has 0 aliphatic heterocycles. The molecule has 0 fully saturated rings. The molecule has 1 aromatic heterocycles. The van der Waals surface area contributed by atoms with Gasteiger partial charge in [0, 0.05) is 6.20 Å². The highest BCUT2D eigenvalue weighted by Gasteiger charge is 2.12. The Labute approximate surface area is 85.1 Å². The Morgan fingerprint density at radius 1 is 1.50 bits per heavy atom. The summed E-state index contributed by atoms with van der Waals surface area (Å²) < 4.78 is 9.68. The summed E-state index contributed by atoms with van der Waals surface area (Å²) in [5.41, 5.74) is 0.289. The normalized spacial score (nSPS) is 11.2. The third-order valence-corrected chi connectivity index (χ3v) is 1.70. The maximum atomic E-state index is 8.45. The van der Waals surface area contributed by atoms with Gasteiger partial charge in [0.15, 0.2) is 5.17 Å². The van der Waals surface area contributed by atoms with Gasteiger partial charge in [-0.05, 0) is 0 Å². The van der Waals surface area contributed by atoms with Crippen molar-refractivity contribution in [1.29, 1.82) is 0 Å². The van der Waals surface area contributed by atoms with Crippen LogP contribution in [-0.4, -0.2) is 34.6 Å². The van der Waals surface area contributed by atoms with Gasteiger partial charge < -0.3 is 14.7 Å². The van der Waals surface area contributed by atoms with Crippen LogP contribution in [0.3, 0.4) is 0 Å². The summed E-state index contributed by atoms with van der Waals surface area (Å²) in [6.45, 7) is 0. The van der Waals surface area contributed by atoms with Crippen molar-refractivity contribution in [2.24, 2.45) is 5.16 Å². The molecule has 0 bridgehead atoms. The lowest BCUT2D eigenvalue weighted by Crippen LogP contribution is -2.02. The first-order valence-corrected chi connectivity index (χ1v) is 3.93. The van der Waals surface area contributed by atoms with Crippen LogP contribution in [-0.2, 0) is 0 Å². The number of ether oxygens (including phenoxy) is 2. The number of methoxy groups -OCH3 is 2. The summed E-state index contributed by atoms with van der Waals surface area (Å²) in [5, 5.41) is 11.1. The molecule has 0 saturated carbocycles. The molecule has 1 N–H and O–H groups in total. The minimum Gasteiger partial charge on any atom is -0.480 e. The zero-order valence-electron chi connectivity index (χ0n) is 7.56. The van der Waals surface area contributed by atoms with E-state index in [1.165, 1.54) is 20.4 Å². The summed E-state index contributed by atoms with van der Waals surface area (Å²) in [6.07, 6.45) is 1.34. The first-order valence-electron chi connectivity index (χ1n) is 3.56. The van der Waals surface area contributed by atoms with Crippen LogP contribution in [0.5, 0.6) is 11.9 Å². The summed E-state index contributed by atoms with van der Waals surface area (Å²) in [6, 6.07) is 0.146. The van der Waals surface area contributed by atoms with E-state index in [1.807, 2.05) is 0 Å². The Balaban J connectivity index is 3.18. The number of hydrogen-bond donors (Lipinski definition) is 1. The summed E-state index contributed by atoms with van der Waals surface area (Å²) in [7, 11) is 2.84. The molecule has 1 aromatic rings. The van der Waals surface area contributed by atoms with Gasteiger partial charge in [-0.2, -0.15) is 4.98 Å². The van der Waals surface area contributed by atoms with Gasteiger partial charge in [0.05, 0.1) is 19.8 Å². The van der Waals surface area contributed by atoms with Gasteiger partial charge in [0.2, 0.25) is 5.88 Å². The molecule has 0 amide bonds. The third-order valence-electron chi connectivity index (χ3n) is 1.42. The van der Waals surface area contributed by atoms with Crippen molar-refractivity contribution >= 4 is 16.8 Å². The fourth-order valence-corrected chi connectivity index (χ4v) is 0.930. The average molecular weight is 218 g/mol. The van der Waals surface area contributed by atoms with Crippen LogP contribution in [0.4, 0.5) is 0 Å². The molecule has 1 rings (SSSR count). The molecule has 0 aromatic carbocycles. The quantitative estimate of drug-likeness (QED) is 0.462. The fraction of sp³-hybridized carbons (Fsp3) is 0.286. The molecule has 0 radical (unpaired) electrons. The second-order valence-corrected chi connectivity index (χ2v) is 2.53. The fourth-order valence-electron chi connectivity index (χ4n) is 0.800. The second kappa shape index (κ2) is 4.61. The lowest BCUT2D eigenvalue weighted by Gasteiger charge is -2.05. The lowest BCUT2D eigenvalue weighted by molar-refractivity contribution is 0.319. The zero-order chi connectivity index (χ0) is 10.6. The Hall–Kier alpha value is -1.56. The zero-order valence-corrected chi connectivity index (χ0v) is 8.32. The largest absolute Gasteiger partial charge is 0.480 e. The molecule has 1 heterocycles. The Morgan fingerprint density at radius 3 is 2.71 bits per heavy atom. The number of aromatic nitrogens is 2. The Kier molecular flexibility index (Phi) is 3.47. The number of oxime groups is 1. The Morgan fingerprint density at radius 2 is 2.21 bits per heavy atom. The maximum Gasteiger partial charge on any atom is 0.319 e. The predicted molar refractivity (Wildman–Crippen MR) is 49.3 cm³/mol. The van der Waals surface area contributed by atoms with Crippen molar-refractivity contribution in [3.05, 3.63) is 11.8 Å². The van der Waals surface area contributed by atoms with Crippen molar-refractivity contribution in [1.82, 2.24) is 9.97 Å². The molecule has 0 unspecified atom stereocenters. The van der Waals surface area contributed by atoms with Gasteiger partial charge in [-0.3, -0.25) is 0 Å². The Bertz CT molecular complexity index is 356. The van der Waals surface area contributed by atoms with Crippen LogP contribution in [0.2, 0.25) is 0 Å². The van der Waals surface area contributed by atoms with E-state index in [0.717, 1.165) is 0 Å². The highest BCUT2D eigenvalue weighted by molar-refractivity contribution is 6.69. The molecular formula is C7H8ClN3O3. The monoisotopic (exact) mass is 217 g/mol. The van der Waals surface area contributed by atoms with E-state index >= 15 is 0 Å². The van der Waals surface area contributed by atoms with Crippen LogP contribution in [0.15, 0.2) is 11.4 Å². The number of rotatable bonds is 3. The van der Waals surface area contributed by atoms with Crippen molar-refractivity contribution in [3.63, 3.8) is 0 Å². The van der Waals surface area contributed by atoms with Gasteiger partial charge in [-0.15, -0.1) is 0 Å². The molecule has 14 heavy (non-hydrogen) atoms. The van der Waals surface area contributed by atoms with E-state index in [0.29, 0.717) is 0 Å². The van der Waals surface area contributed by atoms with E-state index in [2.05, 4.69) is 15.1 Å². The van der Waals surface area contributed by atoms with Gasteiger partial charge in [0.1, 0.15) is 0 Å². The summed E-state index contributed by atoms with van der Waals surface area (Å²) in [5.74, 6) is 0.180. The predicted octanol–water partition coefficient (Wildman–Crippen LogP) is 0.868. The van der Waals surface area contributed by atoms with Crippen LogP contribution in [0.25, 0.3) is 0 Å². The topological polar surface area (TPSA) is 76.8 Å². The standard InChI is InChI=1S/C7H8ClN3O3/c1-13-6-4(5(8)11-12)3-9-7(10-6)14-2/h3,12H,1-2H3/b11-5-. The lowest BCUT2D eigenvalue weighted by atomic mass is 10.3. The summed E-state index contributed by atoms with van der Waals surface area (Å²) >= 11 is 5.57. The second-order valence-electron chi connectivity index (χ2n) is 2.17. The minimum atomic E-state index is -0.149. The van der Waals surface area contributed by atoms with E-state index in [1.54, 1.807) is 0 Å². The van der Waals surface area contributed by atoms with Gasteiger partial charge in [-0.25, -0.2) is 4.98 Å². The third kappa shape index (κ3) is 2.02. The molecule has 0 aliphatic rings. The highest BCUT2D eigenvalue weighted by Crippen LogP contribution is 2.19. The van der Waals surface area contributed by atoms with Gasteiger partial charge in [-0.1, -0.05) is 16.8 Å². The molecule has 0 aliphatic carbocycles. The minimum absolute atomic E-state index is 0.146. The maximum absolute atomic E-state index is 8.45. The molecule has 6 nitrogen and oxygen atoms in total. The van der Waals surface area contributed by atoms with Crippen LogP contribution in [0.1, 0.15) is 5.56 Å². The van der Waals surface area contributed by atoms with Crippen LogP contribution < -0.4 is 9.47 Å². The molecular weight excluding hydrogens is 210 g/mol. The highest BCUT2D eigenvalue weighted by atomic mass is 35.5. The number of nitrogens with zero attached hydrogens (tertiary/aromatic N) is 3. The smallest absolute Gasteiger partial charge is 0.319 e. The number of halogens is 1. The number of hydrogen-bond acceptors (Lipinski definition) is 6. The van der Waals surface area contributed by atoms with Crippen molar-refractivity contribution in [2.45, 2.75) is 0 Å². The molecule has 0 saturated heterocycles. The first-order chi connectivity index (χ1) is 6.72. The first kappa shape index (κ1) is 10.5. The van der Waals surface area contributed by atoms with Crippen molar-refractivity contribution < 1.29 is 14.7 Å². The van der Waals surface area contributed by atoms with E-state index in [4.69, 9.17) is 26.3 Å². The van der Waals surface area contributed by atoms with E-state index in [-0.39, 0.29) is 22.6 Å². The van der Waals surface area contributed by atoms with Crippen molar-refractivity contribution in [2.75, 3.05) is 14.2 Å². The van der Waals surface area contributed by atoms with Crippen LogP contribution in [0, 0.1) is 0 Å².